The Kier molecular flexibility index (Phi) is 12.9. The van der Waals surface area contributed by atoms with Gasteiger partial charge in [-0.15, -0.1) is 0 Å². The van der Waals surface area contributed by atoms with Crippen LogP contribution < -0.4 is 0 Å². The Morgan fingerprint density at radius 2 is 1.00 bits per heavy atom. The zero-order chi connectivity index (χ0) is 15.9. The number of amides is 2. The van der Waals surface area contributed by atoms with Gasteiger partial charge in [0.05, 0.1) is 0 Å². The van der Waals surface area contributed by atoms with Gasteiger partial charge in [0.15, 0.2) is 0 Å². The Morgan fingerprint density at radius 3 is 1.33 bits per heavy atom. The van der Waals surface area contributed by atoms with E-state index in [4.69, 9.17) is 10.2 Å². The van der Waals surface area contributed by atoms with E-state index in [0.717, 1.165) is 19.3 Å². The third-order valence-electron chi connectivity index (χ3n) is 3.70. The van der Waals surface area contributed by atoms with Crippen molar-refractivity contribution in [1.82, 2.24) is 4.90 Å². The number of carbonyl (C=O) groups is 2. The fraction of sp³-hybridized carbons (Fsp3) is 0.875. The first kappa shape index (κ1) is 19.7. The molecule has 5 heteroatoms. The number of rotatable bonds is 13. The van der Waals surface area contributed by atoms with Gasteiger partial charge in [-0.3, -0.25) is 0 Å². The summed E-state index contributed by atoms with van der Waals surface area (Å²) in [5, 5.41) is 17.3. The highest BCUT2D eigenvalue weighted by Gasteiger charge is 2.18. The van der Waals surface area contributed by atoms with Gasteiger partial charge in [0, 0.05) is 6.54 Å². The molecule has 0 fully saturated rings. The molecule has 21 heavy (non-hydrogen) atoms. The number of unbranched alkanes of at least 4 members (excludes halogenated alkanes) is 11. The van der Waals surface area contributed by atoms with Gasteiger partial charge < -0.3 is 10.2 Å². The van der Waals surface area contributed by atoms with Crippen LogP contribution in [0.4, 0.5) is 9.59 Å². The molecule has 2 N–H and O–H groups in total. The van der Waals surface area contributed by atoms with Crippen LogP contribution in [-0.2, 0) is 0 Å². The molecular weight excluding hydrogens is 270 g/mol. The first-order valence-electron chi connectivity index (χ1n) is 8.33. The average Bonchev–Trinajstić information content (AvgIpc) is 2.43. The fourth-order valence-corrected chi connectivity index (χ4v) is 2.38. The second kappa shape index (κ2) is 13.7. The van der Waals surface area contributed by atoms with Crippen molar-refractivity contribution in [2.45, 2.75) is 84.0 Å². The summed E-state index contributed by atoms with van der Waals surface area (Å²) in [7, 11) is 0. The molecule has 0 aliphatic heterocycles. The highest BCUT2D eigenvalue weighted by molar-refractivity contribution is 5.85. The molecule has 0 unspecified atom stereocenters. The molecule has 0 bridgehead atoms. The predicted octanol–water partition coefficient (Wildman–Crippen LogP) is 5.35. The molecule has 0 aromatic carbocycles. The van der Waals surface area contributed by atoms with Crippen LogP contribution >= 0.6 is 0 Å². The monoisotopic (exact) mass is 301 g/mol. The predicted molar refractivity (Wildman–Crippen MR) is 83.8 cm³/mol. The van der Waals surface area contributed by atoms with Crippen LogP contribution in [0.15, 0.2) is 0 Å². The van der Waals surface area contributed by atoms with Crippen molar-refractivity contribution < 1.29 is 19.8 Å². The maximum atomic E-state index is 10.6. The molecule has 0 aliphatic carbocycles. The Hall–Kier alpha value is -1.26. The minimum Gasteiger partial charge on any atom is -0.465 e. The Balaban J connectivity index is 3.29. The summed E-state index contributed by atoms with van der Waals surface area (Å²) in [6.07, 6.45) is 11.5. The van der Waals surface area contributed by atoms with Crippen LogP contribution in [0.25, 0.3) is 0 Å². The van der Waals surface area contributed by atoms with Gasteiger partial charge >= 0.3 is 12.2 Å². The molecule has 124 valence electrons. The van der Waals surface area contributed by atoms with E-state index < -0.39 is 12.2 Å². The van der Waals surface area contributed by atoms with E-state index in [1.54, 1.807) is 0 Å². The summed E-state index contributed by atoms with van der Waals surface area (Å²) >= 11 is 0. The van der Waals surface area contributed by atoms with E-state index in [-0.39, 0.29) is 6.54 Å². The molecular formula is C16H31NO4. The number of hydrogen-bond donors (Lipinski definition) is 2. The fourth-order valence-electron chi connectivity index (χ4n) is 2.38. The van der Waals surface area contributed by atoms with Crippen LogP contribution in [0.1, 0.15) is 84.0 Å². The minimum atomic E-state index is -1.38. The molecule has 0 saturated carbocycles. The lowest BCUT2D eigenvalue weighted by atomic mass is 10.1. The van der Waals surface area contributed by atoms with Gasteiger partial charge in [0.25, 0.3) is 0 Å². The summed E-state index contributed by atoms with van der Waals surface area (Å²) in [5.74, 6) is 0. The third-order valence-corrected chi connectivity index (χ3v) is 3.70. The summed E-state index contributed by atoms with van der Waals surface area (Å²) < 4.78 is 0. The van der Waals surface area contributed by atoms with Gasteiger partial charge in [-0.25, -0.2) is 14.5 Å². The van der Waals surface area contributed by atoms with E-state index in [1.807, 2.05) is 0 Å². The second-order valence-electron chi connectivity index (χ2n) is 5.61. The summed E-state index contributed by atoms with van der Waals surface area (Å²) in [4.78, 5) is 21.7. The van der Waals surface area contributed by atoms with Crippen molar-refractivity contribution in [1.29, 1.82) is 0 Å². The molecule has 0 aliphatic rings. The van der Waals surface area contributed by atoms with E-state index in [1.165, 1.54) is 51.4 Å². The van der Waals surface area contributed by atoms with Crippen LogP contribution in [-0.4, -0.2) is 33.8 Å². The maximum Gasteiger partial charge on any atom is 0.416 e. The van der Waals surface area contributed by atoms with Crippen LogP contribution in [0.5, 0.6) is 0 Å². The standard InChI is InChI=1S/C16H31NO4/c1-2-3-4-5-6-7-8-9-10-11-12-13-14-17(15(18)19)16(20)21/h2-14H2,1H3,(H,18,19)(H,20,21). The SMILES string of the molecule is CCCCCCCCCCCCCCN(C(=O)O)C(=O)O. The summed E-state index contributed by atoms with van der Waals surface area (Å²) in [6.45, 7) is 2.31. The van der Waals surface area contributed by atoms with Crippen LogP contribution in [0.3, 0.4) is 0 Å². The lowest BCUT2D eigenvalue weighted by Gasteiger charge is -2.12. The molecule has 0 rings (SSSR count). The van der Waals surface area contributed by atoms with Crippen molar-refractivity contribution in [2.24, 2.45) is 0 Å². The molecule has 0 spiro atoms. The second-order valence-corrected chi connectivity index (χ2v) is 5.61. The number of carboxylic acid groups (broad SMARTS) is 2. The minimum absolute atomic E-state index is 0.0854. The maximum absolute atomic E-state index is 10.6. The molecule has 5 nitrogen and oxygen atoms in total. The van der Waals surface area contributed by atoms with Crippen LogP contribution in [0.2, 0.25) is 0 Å². The van der Waals surface area contributed by atoms with E-state index in [0.29, 0.717) is 11.3 Å². The first-order chi connectivity index (χ1) is 10.1. The van der Waals surface area contributed by atoms with Gasteiger partial charge in [0.1, 0.15) is 0 Å². The largest absolute Gasteiger partial charge is 0.465 e. The number of nitrogens with zero attached hydrogens (tertiary/aromatic N) is 1. The lowest BCUT2D eigenvalue weighted by molar-refractivity contribution is 0.122. The van der Waals surface area contributed by atoms with E-state index in [9.17, 15) is 9.59 Å². The molecule has 0 aromatic heterocycles. The normalized spacial score (nSPS) is 10.5. The summed E-state index contributed by atoms with van der Waals surface area (Å²) in [6, 6.07) is 0. The zero-order valence-corrected chi connectivity index (χ0v) is 13.4. The van der Waals surface area contributed by atoms with E-state index >= 15 is 0 Å². The van der Waals surface area contributed by atoms with E-state index in [2.05, 4.69) is 6.92 Å². The van der Waals surface area contributed by atoms with Crippen molar-refractivity contribution in [2.75, 3.05) is 6.54 Å². The van der Waals surface area contributed by atoms with Gasteiger partial charge in [-0.1, -0.05) is 77.6 Å². The van der Waals surface area contributed by atoms with Crippen molar-refractivity contribution in [3.05, 3.63) is 0 Å². The molecule has 0 atom stereocenters. The Bertz CT molecular complexity index is 267. The topological polar surface area (TPSA) is 77.8 Å². The van der Waals surface area contributed by atoms with Crippen LogP contribution in [0, 0.1) is 0 Å². The van der Waals surface area contributed by atoms with Gasteiger partial charge in [-0.2, -0.15) is 0 Å². The highest BCUT2D eigenvalue weighted by Crippen LogP contribution is 2.12. The highest BCUT2D eigenvalue weighted by atomic mass is 16.4. The van der Waals surface area contributed by atoms with Gasteiger partial charge in [0.2, 0.25) is 0 Å². The Labute approximate surface area is 128 Å². The lowest BCUT2D eigenvalue weighted by Crippen LogP contribution is -2.35. The molecule has 0 saturated heterocycles. The number of hydrogen-bond acceptors (Lipinski definition) is 2. The number of imide groups is 1. The third kappa shape index (κ3) is 12.2. The molecule has 2 amide bonds. The molecule has 0 aromatic rings. The van der Waals surface area contributed by atoms with Crippen molar-refractivity contribution in [3.8, 4) is 0 Å². The molecule has 0 radical (unpaired) electrons. The molecule has 0 heterocycles. The van der Waals surface area contributed by atoms with Crippen molar-refractivity contribution in [3.63, 3.8) is 0 Å². The Morgan fingerprint density at radius 1 is 0.667 bits per heavy atom. The summed E-state index contributed by atoms with van der Waals surface area (Å²) in [5.41, 5.74) is 0. The quantitative estimate of drug-likeness (QED) is 0.450. The first-order valence-corrected chi connectivity index (χ1v) is 8.33. The smallest absolute Gasteiger partial charge is 0.416 e. The van der Waals surface area contributed by atoms with Crippen molar-refractivity contribution >= 4 is 12.2 Å². The zero-order valence-electron chi connectivity index (χ0n) is 13.4. The average molecular weight is 301 g/mol. The van der Waals surface area contributed by atoms with Gasteiger partial charge in [-0.05, 0) is 6.42 Å².